The molecule has 7 heteroatoms. The number of amides is 1. The summed E-state index contributed by atoms with van der Waals surface area (Å²) in [7, 11) is 0. The Labute approximate surface area is 118 Å². The van der Waals surface area contributed by atoms with Gasteiger partial charge in [0.2, 0.25) is 0 Å². The Bertz CT molecular complexity index is 517. The van der Waals surface area contributed by atoms with Crippen molar-refractivity contribution in [3.8, 4) is 0 Å². The topological polar surface area (TPSA) is 98.3 Å². The van der Waals surface area contributed by atoms with Crippen molar-refractivity contribution < 1.29 is 9.72 Å². The van der Waals surface area contributed by atoms with Gasteiger partial charge in [-0.05, 0) is 24.8 Å². The highest BCUT2D eigenvalue weighted by atomic mass is 79.9. The standard InChI is InChI=1S/C12H14BrN3O3/c13-9-3-8(4-10(5-9)16(18)19)12(17)15-6-11(14)7-1-2-7/h3-5,7,11H,1-2,6,14H2,(H,15,17). The lowest BCUT2D eigenvalue weighted by molar-refractivity contribution is -0.385. The molecule has 2 rings (SSSR count). The van der Waals surface area contributed by atoms with E-state index in [1.54, 1.807) is 6.07 Å². The summed E-state index contributed by atoms with van der Waals surface area (Å²) in [6.45, 7) is 0.393. The van der Waals surface area contributed by atoms with Crippen molar-refractivity contribution >= 4 is 27.5 Å². The third-order valence-electron chi connectivity index (χ3n) is 3.08. The van der Waals surface area contributed by atoms with Crippen molar-refractivity contribution in [1.82, 2.24) is 5.32 Å². The summed E-state index contributed by atoms with van der Waals surface area (Å²) in [4.78, 5) is 22.1. The van der Waals surface area contributed by atoms with E-state index in [2.05, 4.69) is 21.2 Å². The summed E-state index contributed by atoms with van der Waals surface area (Å²) in [6.07, 6.45) is 2.22. The Morgan fingerprint density at radius 2 is 2.21 bits per heavy atom. The first-order valence-electron chi connectivity index (χ1n) is 5.96. The van der Waals surface area contributed by atoms with Gasteiger partial charge >= 0.3 is 0 Å². The zero-order valence-electron chi connectivity index (χ0n) is 10.1. The molecule has 1 aromatic carbocycles. The molecule has 19 heavy (non-hydrogen) atoms. The van der Waals surface area contributed by atoms with Gasteiger partial charge in [-0.15, -0.1) is 0 Å². The van der Waals surface area contributed by atoms with Crippen LogP contribution < -0.4 is 11.1 Å². The number of halogens is 1. The molecule has 1 fully saturated rings. The highest BCUT2D eigenvalue weighted by Gasteiger charge is 2.28. The Morgan fingerprint density at radius 1 is 1.53 bits per heavy atom. The summed E-state index contributed by atoms with van der Waals surface area (Å²) >= 11 is 3.15. The Kier molecular flexibility index (Phi) is 4.16. The summed E-state index contributed by atoms with van der Waals surface area (Å²) < 4.78 is 0.498. The van der Waals surface area contributed by atoms with E-state index < -0.39 is 4.92 Å². The van der Waals surface area contributed by atoms with Crippen LogP contribution in [0.2, 0.25) is 0 Å². The van der Waals surface area contributed by atoms with Gasteiger partial charge in [0.05, 0.1) is 4.92 Å². The Hall–Kier alpha value is -1.47. The van der Waals surface area contributed by atoms with Crippen LogP contribution in [0.3, 0.4) is 0 Å². The SMILES string of the molecule is NC(CNC(=O)c1cc(Br)cc([N+](=O)[O-])c1)C1CC1. The lowest BCUT2D eigenvalue weighted by atomic mass is 10.1. The number of non-ortho nitro benzene ring substituents is 1. The van der Waals surface area contributed by atoms with Gasteiger partial charge in [-0.25, -0.2) is 0 Å². The molecule has 1 aliphatic carbocycles. The van der Waals surface area contributed by atoms with Crippen LogP contribution in [0.25, 0.3) is 0 Å². The second-order valence-electron chi connectivity index (χ2n) is 4.67. The number of hydrogen-bond acceptors (Lipinski definition) is 4. The van der Waals surface area contributed by atoms with Crippen LogP contribution in [0.1, 0.15) is 23.2 Å². The smallest absolute Gasteiger partial charge is 0.271 e. The number of carbonyl (C=O) groups is 1. The minimum Gasteiger partial charge on any atom is -0.350 e. The van der Waals surface area contributed by atoms with Crippen molar-refractivity contribution in [2.24, 2.45) is 11.7 Å². The van der Waals surface area contributed by atoms with Gasteiger partial charge in [0.15, 0.2) is 0 Å². The van der Waals surface area contributed by atoms with E-state index in [1.165, 1.54) is 12.1 Å². The van der Waals surface area contributed by atoms with E-state index in [0.29, 0.717) is 16.9 Å². The number of nitrogens with two attached hydrogens (primary N) is 1. The van der Waals surface area contributed by atoms with Crippen LogP contribution in [-0.4, -0.2) is 23.4 Å². The van der Waals surface area contributed by atoms with E-state index in [4.69, 9.17) is 5.73 Å². The first kappa shape index (κ1) is 14.0. The fourth-order valence-corrected chi connectivity index (χ4v) is 2.30. The molecule has 0 spiro atoms. The third kappa shape index (κ3) is 3.74. The van der Waals surface area contributed by atoms with E-state index in [0.717, 1.165) is 12.8 Å². The summed E-state index contributed by atoms with van der Waals surface area (Å²) in [5.74, 6) is 0.151. The van der Waals surface area contributed by atoms with Crippen molar-refractivity contribution in [3.05, 3.63) is 38.3 Å². The largest absolute Gasteiger partial charge is 0.350 e. The average Bonchev–Trinajstić information content (AvgIpc) is 3.18. The number of benzene rings is 1. The molecule has 0 heterocycles. The van der Waals surface area contributed by atoms with E-state index in [9.17, 15) is 14.9 Å². The van der Waals surface area contributed by atoms with Crippen molar-refractivity contribution in [2.75, 3.05) is 6.54 Å². The summed E-state index contributed by atoms with van der Waals surface area (Å²) in [5.41, 5.74) is 6.02. The molecule has 1 amide bonds. The van der Waals surface area contributed by atoms with E-state index in [-0.39, 0.29) is 23.2 Å². The quantitative estimate of drug-likeness (QED) is 0.636. The molecule has 0 saturated heterocycles. The molecule has 6 nitrogen and oxygen atoms in total. The fraction of sp³-hybridized carbons (Fsp3) is 0.417. The first-order valence-corrected chi connectivity index (χ1v) is 6.75. The van der Waals surface area contributed by atoms with Crippen molar-refractivity contribution in [1.29, 1.82) is 0 Å². The molecule has 1 atom stereocenters. The van der Waals surface area contributed by atoms with Gasteiger partial charge in [-0.2, -0.15) is 0 Å². The van der Waals surface area contributed by atoms with Crippen molar-refractivity contribution in [3.63, 3.8) is 0 Å². The molecule has 0 bridgehead atoms. The minimum atomic E-state index is -0.530. The van der Waals surface area contributed by atoms with E-state index in [1.807, 2.05) is 0 Å². The number of nitro benzene ring substituents is 1. The number of hydrogen-bond donors (Lipinski definition) is 2. The highest BCUT2D eigenvalue weighted by Crippen LogP contribution is 2.31. The van der Waals surface area contributed by atoms with Crippen LogP contribution in [0.5, 0.6) is 0 Å². The molecular weight excluding hydrogens is 314 g/mol. The fourth-order valence-electron chi connectivity index (χ4n) is 1.81. The molecule has 1 aromatic rings. The second kappa shape index (κ2) is 5.66. The van der Waals surface area contributed by atoms with Gasteiger partial charge in [0.25, 0.3) is 11.6 Å². The Morgan fingerprint density at radius 3 is 2.79 bits per heavy atom. The van der Waals surface area contributed by atoms with Crippen LogP contribution in [0, 0.1) is 16.0 Å². The Balaban J connectivity index is 2.03. The molecule has 3 N–H and O–H groups in total. The molecule has 0 radical (unpaired) electrons. The minimum absolute atomic E-state index is 0.0360. The summed E-state index contributed by atoms with van der Waals surface area (Å²) in [5, 5.41) is 13.4. The maximum Gasteiger partial charge on any atom is 0.271 e. The van der Waals surface area contributed by atoms with Gasteiger partial charge < -0.3 is 11.1 Å². The average molecular weight is 328 g/mol. The van der Waals surface area contributed by atoms with Gasteiger partial charge in [0, 0.05) is 34.8 Å². The molecule has 0 aliphatic heterocycles. The second-order valence-corrected chi connectivity index (χ2v) is 5.58. The van der Waals surface area contributed by atoms with Crippen LogP contribution >= 0.6 is 15.9 Å². The monoisotopic (exact) mass is 327 g/mol. The normalized spacial score (nSPS) is 15.9. The molecule has 1 aliphatic rings. The summed E-state index contributed by atoms with van der Waals surface area (Å²) in [6, 6.07) is 4.12. The van der Waals surface area contributed by atoms with Gasteiger partial charge in [-0.1, -0.05) is 15.9 Å². The lowest BCUT2D eigenvalue weighted by Gasteiger charge is -2.11. The van der Waals surface area contributed by atoms with Crippen molar-refractivity contribution in [2.45, 2.75) is 18.9 Å². The maximum absolute atomic E-state index is 11.9. The molecule has 0 aromatic heterocycles. The zero-order valence-corrected chi connectivity index (χ0v) is 11.7. The number of nitro groups is 1. The molecule has 102 valence electrons. The van der Waals surface area contributed by atoms with Crippen LogP contribution in [-0.2, 0) is 0 Å². The van der Waals surface area contributed by atoms with Gasteiger partial charge in [-0.3, -0.25) is 14.9 Å². The number of nitrogens with zero attached hydrogens (tertiary/aromatic N) is 1. The molecule has 1 saturated carbocycles. The number of rotatable bonds is 5. The zero-order chi connectivity index (χ0) is 14.0. The molecular formula is C12H14BrN3O3. The van der Waals surface area contributed by atoms with Crippen LogP contribution in [0.15, 0.2) is 22.7 Å². The lowest BCUT2D eigenvalue weighted by Crippen LogP contribution is -2.38. The predicted molar refractivity (Wildman–Crippen MR) is 73.8 cm³/mol. The predicted octanol–water partition coefficient (Wildman–Crippen LogP) is 1.82. The number of carbonyl (C=O) groups excluding carboxylic acids is 1. The molecule has 1 unspecified atom stereocenters. The van der Waals surface area contributed by atoms with Crippen LogP contribution in [0.4, 0.5) is 5.69 Å². The third-order valence-corrected chi connectivity index (χ3v) is 3.54. The first-order chi connectivity index (χ1) is 8.97. The number of nitrogens with one attached hydrogen (secondary N) is 1. The van der Waals surface area contributed by atoms with Gasteiger partial charge in [0.1, 0.15) is 0 Å². The maximum atomic E-state index is 11.9. The highest BCUT2D eigenvalue weighted by molar-refractivity contribution is 9.10. The van der Waals surface area contributed by atoms with E-state index >= 15 is 0 Å².